The van der Waals surface area contributed by atoms with E-state index >= 15 is 0 Å². The fourth-order valence-electron chi connectivity index (χ4n) is 2.65. The zero-order chi connectivity index (χ0) is 13.3. The Hall–Kier alpha value is -0.470. The van der Waals surface area contributed by atoms with E-state index in [9.17, 15) is 0 Å². The van der Waals surface area contributed by atoms with Gasteiger partial charge in [0, 0.05) is 16.2 Å². The molecule has 0 fully saturated rings. The number of benzene rings is 1. The highest BCUT2D eigenvalue weighted by Gasteiger charge is 2.32. The first kappa shape index (κ1) is 14.0. The quantitative estimate of drug-likeness (QED) is 0.860. The van der Waals surface area contributed by atoms with E-state index in [2.05, 4.69) is 70.0 Å². The fourth-order valence-corrected chi connectivity index (χ4v) is 4.22. The van der Waals surface area contributed by atoms with Crippen LogP contribution in [0.3, 0.4) is 0 Å². The first-order chi connectivity index (χ1) is 8.47. The predicted molar refractivity (Wildman–Crippen MR) is 81.5 cm³/mol. The van der Waals surface area contributed by atoms with Gasteiger partial charge in [-0.2, -0.15) is 0 Å². The molecule has 0 radical (unpaired) electrons. The summed E-state index contributed by atoms with van der Waals surface area (Å²) in [6.07, 6.45) is 2.55. The summed E-state index contributed by atoms with van der Waals surface area (Å²) in [6.45, 7) is 9.13. The van der Waals surface area contributed by atoms with Crippen molar-refractivity contribution in [2.24, 2.45) is 0 Å². The molecular formula is C16H25NS. The Morgan fingerprint density at radius 2 is 2.00 bits per heavy atom. The monoisotopic (exact) mass is 263 g/mol. The Labute approximate surface area is 116 Å². The van der Waals surface area contributed by atoms with Crippen LogP contribution in [-0.2, 0) is 5.41 Å². The van der Waals surface area contributed by atoms with Gasteiger partial charge in [-0.05, 0) is 36.1 Å². The molecule has 0 saturated carbocycles. The summed E-state index contributed by atoms with van der Waals surface area (Å²) in [5.41, 5.74) is 3.19. The molecule has 1 nitrogen and oxygen atoms in total. The average molecular weight is 263 g/mol. The minimum absolute atomic E-state index is 0.237. The normalized spacial score (nSPS) is 23.2. The smallest absolute Gasteiger partial charge is 0.0452 e. The molecule has 0 bridgehead atoms. The second kappa shape index (κ2) is 5.26. The topological polar surface area (TPSA) is 12.0 Å². The Bertz CT molecular complexity index is 420. The van der Waals surface area contributed by atoms with E-state index in [1.807, 2.05) is 0 Å². The second-order valence-corrected chi connectivity index (χ2v) is 7.49. The van der Waals surface area contributed by atoms with Crippen molar-refractivity contribution in [3.05, 3.63) is 29.3 Å². The van der Waals surface area contributed by atoms with Crippen LogP contribution < -0.4 is 5.32 Å². The molecule has 2 heteroatoms. The van der Waals surface area contributed by atoms with Gasteiger partial charge in [0.25, 0.3) is 0 Å². The van der Waals surface area contributed by atoms with Crippen LogP contribution in [0.25, 0.3) is 0 Å². The molecule has 1 aromatic rings. The summed E-state index contributed by atoms with van der Waals surface area (Å²) in [6, 6.07) is 7.55. The van der Waals surface area contributed by atoms with Crippen molar-refractivity contribution in [2.75, 3.05) is 7.05 Å². The van der Waals surface area contributed by atoms with Crippen LogP contribution in [0.2, 0.25) is 0 Å². The lowest BCUT2D eigenvalue weighted by Crippen LogP contribution is -2.24. The third kappa shape index (κ3) is 2.60. The van der Waals surface area contributed by atoms with Crippen molar-refractivity contribution >= 4 is 11.8 Å². The number of thioether (sulfide) groups is 1. The molecule has 100 valence electrons. The number of hydrogen-bond donors (Lipinski definition) is 1. The highest BCUT2D eigenvalue weighted by molar-refractivity contribution is 8.00. The van der Waals surface area contributed by atoms with Crippen molar-refractivity contribution in [1.29, 1.82) is 0 Å². The SMILES string of the molecule is CCCC1Sc2ccc(C(C)(C)C)cc2C1NC. The molecule has 0 aliphatic carbocycles. The van der Waals surface area contributed by atoms with Crippen molar-refractivity contribution in [1.82, 2.24) is 5.32 Å². The molecule has 18 heavy (non-hydrogen) atoms. The van der Waals surface area contributed by atoms with Crippen LogP contribution in [0.4, 0.5) is 0 Å². The summed E-state index contributed by atoms with van der Waals surface area (Å²) in [5, 5.41) is 4.21. The van der Waals surface area contributed by atoms with Crippen LogP contribution in [0.1, 0.15) is 57.7 Å². The van der Waals surface area contributed by atoms with Crippen LogP contribution in [0.5, 0.6) is 0 Å². The van der Waals surface area contributed by atoms with Gasteiger partial charge in [-0.15, -0.1) is 11.8 Å². The van der Waals surface area contributed by atoms with Crippen LogP contribution >= 0.6 is 11.8 Å². The van der Waals surface area contributed by atoms with Crippen molar-refractivity contribution in [2.45, 2.75) is 62.1 Å². The minimum atomic E-state index is 0.237. The third-order valence-corrected chi connectivity index (χ3v) is 5.18. The third-order valence-electron chi connectivity index (χ3n) is 3.75. The van der Waals surface area contributed by atoms with Gasteiger partial charge in [0.15, 0.2) is 0 Å². The van der Waals surface area contributed by atoms with Crippen LogP contribution in [0.15, 0.2) is 23.1 Å². The molecule has 2 rings (SSSR count). The zero-order valence-electron chi connectivity index (χ0n) is 12.2. The van der Waals surface area contributed by atoms with E-state index in [-0.39, 0.29) is 5.41 Å². The van der Waals surface area contributed by atoms with E-state index in [0.717, 1.165) is 0 Å². The Morgan fingerprint density at radius 1 is 1.28 bits per heavy atom. The maximum absolute atomic E-state index is 3.51. The molecule has 2 atom stereocenters. The summed E-state index contributed by atoms with van der Waals surface area (Å²) >= 11 is 2.05. The van der Waals surface area contributed by atoms with Gasteiger partial charge in [-0.3, -0.25) is 0 Å². The summed E-state index contributed by atoms with van der Waals surface area (Å²) in [7, 11) is 2.09. The Kier molecular flexibility index (Phi) is 4.08. The second-order valence-electron chi connectivity index (χ2n) is 6.21. The molecule has 1 aliphatic heterocycles. The van der Waals surface area contributed by atoms with Crippen LogP contribution in [0, 0.1) is 0 Å². The predicted octanol–water partition coefficient (Wildman–Crippen LogP) is 4.52. The molecule has 1 aromatic carbocycles. The number of hydrogen-bond acceptors (Lipinski definition) is 2. The lowest BCUT2D eigenvalue weighted by molar-refractivity contribution is 0.539. The molecule has 0 aromatic heterocycles. The van der Waals surface area contributed by atoms with Gasteiger partial charge in [-0.25, -0.2) is 0 Å². The molecule has 1 heterocycles. The lowest BCUT2D eigenvalue weighted by atomic mass is 9.85. The Morgan fingerprint density at radius 3 is 2.56 bits per heavy atom. The maximum atomic E-state index is 3.51. The van der Waals surface area contributed by atoms with Crippen molar-refractivity contribution in [3.63, 3.8) is 0 Å². The summed E-state index contributed by atoms with van der Waals surface area (Å²) < 4.78 is 0. The van der Waals surface area contributed by atoms with Gasteiger partial charge in [0.05, 0.1) is 0 Å². The first-order valence-corrected chi connectivity index (χ1v) is 7.83. The molecule has 2 unspecified atom stereocenters. The van der Waals surface area contributed by atoms with E-state index in [4.69, 9.17) is 0 Å². The van der Waals surface area contributed by atoms with E-state index in [1.165, 1.54) is 28.9 Å². The van der Waals surface area contributed by atoms with Crippen molar-refractivity contribution in [3.8, 4) is 0 Å². The highest BCUT2D eigenvalue weighted by atomic mass is 32.2. The zero-order valence-corrected chi connectivity index (χ0v) is 13.0. The van der Waals surface area contributed by atoms with Gasteiger partial charge in [-0.1, -0.05) is 46.2 Å². The highest BCUT2D eigenvalue weighted by Crippen LogP contribution is 2.46. The van der Waals surface area contributed by atoms with Crippen LogP contribution in [-0.4, -0.2) is 12.3 Å². The van der Waals surface area contributed by atoms with E-state index in [1.54, 1.807) is 0 Å². The van der Waals surface area contributed by atoms with Gasteiger partial charge < -0.3 is 5.32 Å². The lowest BCUT2D eigenvalue weighted by Gasteiger charge is -2.22. The Balaban J connectivity index is 2.34. The van der Waals surface area contributed by atoms with E-state index in [0.29, 0.717) is 11.3 Å². The molecule has 0 spiro atoms. The molecule has 1 N–H and O–H groups in total. The molecule has 1 aliphatic rings. The molecule has 0 amide bonds. The summed E-state index contributed by atoms with van der Waals surface area (Å²) in [5.74, 6) is 0. The number of fused-ring (bicyclic) bond motifs is 1. The van der Waals surface area contributed by atoms with E-state index < -0.39 is 0 Å². The fraction of sp³-hybridized carbons (Fsp3) is 0.625. The van der Waals surface area contributed by atoms with Gasteiger partial charge in [0.1, 0.15) is 0 Å². The molecular weight excluding hydrogens is 238 g/mol. The number of nitrogens with one attached hydrogen (secondary N) is 1. The molecule has 0 saturated heterocycles. The summed E-state index contributed by atoms with van der Waals surface area (Å²) in [4.78, 5) is 1.47. The largest absolute Gasteiger partial charge is 0.312 e. The average Bonchev–Trinajstić information content (AvgIpc) is 2.64. The van der Waals surface area contributed by atoms with Gasteiger partial charge >= 0.3 is 0 Å². The standard InChI is InChI=1S/C16H25NS/c1-6-7-14-15(17-5)12-10-11(16(2,3)4)8-9-13(12)18-14/h8-10,14-15,17H,6-7H2,1-5H3. The minimum Gasteiger partial charge on any atom is -0.312 e. The first-order valence-electron chi connectivity index (χ1n) is 6.95. The van der Waals surface area contributed by atoms with Gasteiger partial charge in [0.2, 0.25) is 0 Å². The number of rotatable bonds is 3. The maximum Gasteiger partial charge on any atom is 0.0452 e. The van der Waals surface area contributed by atoms with Crippen molar-refractivity contribution < 1.29 is 0 Å².